The highest BCUT2D eigenvalue weighted by Crippen LogP contribution is 2.13. The molecule has 26 heavy (non-hydrogen) atoms. The molecule has 1 N–H and O–H groups in total. The van der Waals surface area contributed by atoms with Gasteiger partial charge < -0.3 is 5.32 Å². The number of nitrogens with zero attached hydrogens (tertiary/aromatic N) is 5. The number of aryl methyl sites for hydroxylation is 1. The summed E-state index contributed by atoms with van der Waals surface area (Å²) in [7, 11) is 0. The molecule has 1 amide bonds. The highest BCUT2D eigenvalue weighted by atomic mass is 16.2. The summed E-state index contributed by atoms with van der Waals surface area (Å²) in [5.41, 5.74) is 1.37. The van der Waals surface area contributed by atoms with Crippen LogP contribution in [0.15, 0.2) is 47.5 Å². The summed E-state index contributed by atoms with van der Waals surface area (Å²) >= 11 is 0. The molecule has 134 valence electrons. The van der Waals surface area contributed by atoms with Gasteiger partial charge in [0, 0.05) is 31.0 Å². The fourth-order valence-corrected chi connectivity index (χ4v) is 3.18. The number of hydrogen-bond acceptors (Lipinski definition) is 4. The lowest BCUT2D eigenvalue weighted by Crippen LogP contribution is -2.30. The Morgan fingerprint density at radius 2 is 2.00 bits per heavy atom. The van der Waals surface area contributed by atoms with Crippen molar-refractivity contribution in [1.82, 2.24) is 24.1 Å². The first-order valence-electron chi connectivity index (χ1n) is 8.77. The Kier molecular flexibility index (Phi) is 4.39. The first kappa shape index (κ1) is 16.3. The molecule has 1 aliphatic rings. The van der Waals surface area contributed by atoms with E-state index in [1.54, 1.807) is 27.6 Å². The van der Waals surface area contributed by atoms with Crippen LogP contribution in [0.25, 0.3) is 5.69 Å². The molecule has 1 aromatic carbocycles. The lowest BCUT2D eigenvalue weighted by atomic mass is 10.2. The number of rotatable bonds is 4. The molecule has 4 rings (SSSR count). The molecule has 8 heteroatoms. The largest absolute Gasteiger partial charge is 0.346 e. The van der Waals surface area contributed by atoms with Crippen molar-refractivity contribution in [2.24, 2.45) is 0 Å². The second-order valence-electron chi connectivity index (χ2n) is 6.36. The number of carbonyl (C=O) groups excluding carboxylic acids is 1. The number of benzene rings is 1. The van der Waals surface area contributed by atoms with Gasteiger partial charge in [0.1, 0.15) is 12.4 Å². The summed E-state index contributed by atoms with van der Waals surface area (Å²) in [5, 5.41) is 11.3. The van der Waals surface area contributed by atoms with Crippen LogP contribution in [0.4, 0.5) is 5.69 Å². The second kappa shape index (κ2) is 6.99. The minimum Gasteiger partial charge on any atom is -0.324 e. The van der Waals surface area contributed by atoms with Crippen LogP contribution in [0.3, 0.4) is 0 Å². The summed E-state index contributed by atoms with van der Waals surface area (Å²) < 4.78 is 4.69. The SMILES string of the molecule is O=C(Cn1nc2n(c1=O)CCCCC2)Nc1ccc(-n2cccn2)cc1. The van der Waals surface area contributed by atoms with Gasteiger partial charge in [-0.05, 0) is 43.2 Å². The van der Waals surface area contributed by atoms with Gasteiger partial charge in [0.2, 0.25) is 5.91 Å². The van der Waals surface area contributed by atoms with Crippen molar-refractivity contribution in [3.63, 3.8) is 0 Å². The topological polar surface area (TPSA) is 86.7 Å². The Balaban J connectivity index is 1.44. The summed E-state index contributed by atoms with van der Waals surface area (Å²) in [6.45, 7) is 0.602. The van der Waals surface area contributed by atoms with Crippen molar-refractivity contribution < 1.29 is 4.79 Å². The fourth-order valence-electron chi connectivity index (χ4n) is 3.18. The third-order valence-corrected chi connectivity index (χ3v) is 4.49. The highest BCUT2D eigenvalue weighted by molar-refractivity contribution is 5.90. The first-order chi connectivity index (χ1) is 12.7. The van der Waals surface area contributed by atoms with Crippen molar-refractivity contribution in [2.75, 3.05) is 5.32 Å². The Morgan fingerprint density at radius 3 is 2.77 bits per heavy atom. The molecule has 0 radical (unpaired) electrons. The van der Waals surface area contributed by atoms with Gasteiger partial charge in [0.15, 0.2) is 0 Å². The number of amides is 1. The molecule has 0 unspecified atom stereocenters. The van der Waals surface area contributed by atoms with Crippen LogP contribution < -0.4 is 11.0 Å². The third kappa shape index (κ3) is 3.30. The van der Waals surface area contributed by atoms with Crippen molar-refractivity contribution in [3.05, 3.63) is 59.0 Å². The Hall–Kier alpha value is -3.16. The minimum atomic E-state index is -0.271. The number of anilines is 1. The Morgan fingerprint density at radius 1 is 1.15 bits per heavy atom. The fraction of sp³-hybridized carbons (Fsp3) is 0.333. The van der Waals surface area contributed by atoms with Crippen LogP contribution in [0, 0.1) is 0 Å². The first-order valence-corrected chi connectivity index (χ1v) is 8.77. The molecule has 0 atom stereocenters. The van der Waals surface area contributed by atoms with Crippen molar-refractivity contribution >= 4 is 11.6 Å². The van der Waals surface area contributed by atoms with E-state index in [-0.39, 0.29) is 18.1 Å². The predicted octanol–water partition coefficient (Wildman–Crippen LogP) is 1.60. The number of aromatic nitrogens is 5. The molecule has 1 aliphatic heterocycles. The molecule has 0 aliphatic carbocycles. The van der Waals surface area contributed by atoms with E-state index in [4.69, 9.17) is 0 Å². The van der Waals surface area contributed by atoms with E-state index >= 15 is 0 Å². The van der Waals surface area contributed by atoms with Crippen molar-refractivity contribution in [2.45, 2.75) is 38.8 Å². The van der Waals surface area contributed by atoms with E-state index in [9.17, 15) is 9.59 Å². The quantitative estimate of drug-likeness (QED) is 0.773. The number of hydrogen-bond donors (Lipinski definition) is 1. The second-order valence-corrected chi connectivity index (χ2v) is 6.36. The highest BCUT2D eigenvalue weighted by Gasteiger charge is 2.17. The van der Waals surface area contributed by atoms with E-state index in [2.05, 4.69) is 15.5 Å². The molecule has 8 nitrogen and oxygen atoms in total. The smallest absolute Gasteiger partial charge is 0.324 e. The van der Waals surface area contributed by atoms with Gasteiger partial charge in [-0.3, -0.25) is 9.36 Å². The number of fused-ring (bicyclic) bond motifs is 1. The van der Waals surface area contributed by atoms with Gasteiger partial charge in [-0.15, -0.1) is 0 Å². The lowest BCUT2D eigenvalue weighted by Gasteiger charge is -2.06. The van der Waals surface area contributed by atoms with Crippen LogP contribution in [0.1, 0.15) is 25.1 Å². The molecule has 3 heterocycles. The van der Waals surface area contributed by atoms with Gasteiger partial charge >= 0.3 is 5.69 Å². The monoisotopic (exact) mass is 352 g/mol. The summed E-state index contributed by atoms with van der Waals surface area (Å²) in [5.74, 6) is 0.510. The van der Waals surface area contributed by atoms with Gasteiger partial charge in [0.05, 0.1) is 5.69 Å². The molecule has 0 spiro atoms. The van der Waals surface area contributed by atoms with Gasteiger partial charge in [0.25, 0.3) is 0 Å². The average Bonchev–Trinajstić information content (AvgIpc) is 3.19. The van der Waals surface area contributed by atoms with Crippen molar-refractivity contribution in [1.29, 1.82) is 0 Å². The molecular formula is C18H20N6O2. The number of carbonyl (C=O) groups is 1. The number of nitrogens with one attached hydrogen (secondary N) is 1. The third-order valence-electron chi connectivity index (χ3n) is 4.49. The zero-order chi connectivity index (χ0) is 17.9. The van der Waals surface area contributed by atoms with Crippen LogP contribution in [0.2, 0.25) is 0 Å². The Labute approximate surface area is 150 Å². The van der Waals surface area contributed by atoms with Gasteiger partial charge in [-0.25, -0.2) is 14.2 Å². The summed E-state index contributed by atoms with van der Waals surface area (Å²) in [6, 6.07) is 9.20. The molecule has 0 fully saturated rings. The lowest BCUT2D eigenvalue weighted by molar-refractivity contribution is -0.117. The molecule has 3 aromatic rings. The maximum absolute atomic E-state index is 12.4. The Bertz CT molecular complexity index is 953. The van der Waals surface area contributed by atoms with E-state index in [0.717, 1.165) is 37.2 Å². The van der Waals surface area contributed by atoms with Crippen LogP contribution in [-0.4, -0.2) is 30.0 Å². The van der Waals surface area contributed by atoms with Crippen molar-refractivity contribution in [3.8, 4) is 5.69 Å². The summed E-state index contributed by atoms with van der Waals surface area (Å²) in [4.78, 5) is 24.7. The maximum Gasteiger partial charge on any atom is 0.346 e. The molecule has 0 saturated carbocycles. The van der Waals surface area contributed by atoms with Gasteiger partial charge in [-0.2, -0.15) is 10.2 Å². The van der Waals surface area contributed by atoms with Crippen LogP contribution >= 0.6 is 0 Å². The molecule has 0 bridgehead atoms. The van der Waals surface area contributed by atoms with Crippen LogP contribution in [0.5, 0.6) is 0 Å². The van der Waals surface area contributed by atoms with E-state index in [0.29, 0.717) is 12.2 Å². The molecule has 0 saturated heterocycles. The average molecular weight is 352 g/mol. The standard InChI is InChI=1S/C18H20N6O2/c25-17(13-24-18(26)22-11-3-1-2-5-16(22)21-24)20-14-6-8-15(9-7-14)23-12-4-10-19-23/h4,6-10,12H,1-3,5,11,13H2,(H,20,25). The van der Waals surface area contributed by atoms with E-state index in [1.165, 1.54) is 4.68 Å². The zero-order valence-corrected chi connectivity index (χ0v) is 14.3. The molecule has 2 aromatic heterocycles. The van der Waals surface area contributed by atoms with E-state index in [1.807, 2.05) is 24.4 Å². The maximum atomic E-state index is 12.4. The zero-order valence-electron chi connectivity index (χ0n) is 14.3. The van der Waals surface area contributed by atoms with Gasteiger partial charge in [-0.1, -0.05) is 6.42 Å². The normalized spacial score (nSPS) is 13.8. The predicted molar refractivity (Wildman–Crippen MR) is 96.2 cm³/mol. The van der Waals surface area contributed by atoms with E-state index < -0.39 is 0 Å². The van der Waals surface area contributed by atoms with Crippen LogP contribution in [-0.2, 0) is 24.3 Å². The summed E-state index contributed by atoms with van der Waals surface area (Å²) in [6.07, 6.45) is 7.47. The minimum absolute atomic E-state index is 0.0836. The molecular weight excluding hydrogens is 332 g/mol.